The zero-order valence-corrected chi connectivity index (χ0v) is 16.0. The van der Waals surface area contributed by atoms with E-state index in [-0.39, 0.29) is 23.9 Å². The minimum absolute atomic E-state index is 0.0230. The summed E-state index contributed by atoms with van der Waals surface area (Å²) in [7, 11) is 0. The number of carbonyl (C=O) groups is 1. The maximum absolute atomic E-state index is 13.4. The summed E-state index contributed by atoms with van der Waals surface area (Å²) in [5.41, 5.74) is 2.02. The first kappa shape index (κ1) is 20.0. The topological polar surface area (TPSA) is 91.0 Å². The van der Waals surface area contributed by atoms with E-state index in [4.69, 9.17) is 9.47 Å². The maximum Gasteiger partial charge on any atom is 0.363 e. The molecule has 0 aromatic heterocycles. The van der Waals surface area contributed by atoms with Gasteiger partial charge in [0.25, 0.3) is 5.69 Å². The van der Waals surface area contributed by atoms with E-state index < -0.39 is 16.7 Å². The zero-order valence-electron chi connectivity index (χ0n) is 16.0. The van der Waals surface area contributed by atoms with Gasteiger partial charge < -0.3 is 9.47 Å². The van der Waals surface area contributed by atoms with Crippen molar-refractivity contribution in [3.05, 3.63) is 111 Å². The zero-order chi connectivity index (χ0) is 21.8. The van der Waals surface area contributed by atoms with Crippen molar-refractivity contribution < 1.29 is 23.6 Å². The van der Waals surface area contributed by atoms with E-state index in [1.165, 1.54) is 30.3 Å². The Morgan fingerprint density at radius 1 is 1.06 bits per heavy atom. The molecular weight excluding hydrogens is 403 g/mol. The standard InChI is InChI=1S/C23H15FN2O5/c24-18-3-1-2-17(13-18)22-25-21(23(27)31-22)12-15-6-10-20(11-7-15)30-14-16-4-8-19(9-5-16)26(28)29/h1-13H,14H2/b21-12+. The van der Waals surface area contributed by atoms with Gasteiger partial charge in [-0.15, -0.1) is 0 Å². The number of hydrogen-bond acceptors (Lipinski definition) is 6. The lowest BCUT2D eigenvalue weighted by Gasteiger charge is -2.06. The molecule has 3 aromatic rings. The lowest BCUT2D eigenvalue weighted by molar-refractivity contribution is -0.384. The summed E-state index contributed by atoms with van der Waals surface area (Å²) in [6.07, 6.45) is 1.56. The molecule has 0 fully saturated rings. The van der Waals surface area contributed by atoms with Gasteiger partial charge in [0.1, 0.15) is 18.2 Å². The Morgan fingerprint density at radius 3 is 2.48 bits per heavy atom. The third-order valence-corrected chi connectivity index (χ3v) is 4.43. The van der Waals surface area contributed by atoms with Gasteiger partial charge in [0.2, 0.25) is 5.90 Å². The fraction of sp³-hybridized carbons (Fsp3) is 0.0435. The molecule has 0 atom stereocenters. The van der Waals surface area contributed by atoms with Gasteiger partial charge >= 0.3 is 5.97 Å². The molecule has 1 heterocycles. The first-order valence-electron chi connectivity index (χ1n) is 9.23. The molecule has 0 unspecified atom stereocenters. The second-order valence-electron chi connectivity index (χ2n) is 6.63. The number of benzene rings is 3. The number of aliphatic imine (C=N–C) groups is 1. The highest BCUT2D eigenvalue weighted by atomic mass is 19.1. The number of rotatable bonds is 6. The van der Waals surface area contributed by atoms with Crippen LogP contribution in [0.15, 0.2) is 83.5 Å². The smallest absolute Gasteiger partial charge is 0.363 e. The first-order valence-corrected chi connectivity index (χ1v) is 9.23. The number of cyclic esters (lactones) is 1. The largest absolute Gasteiger partial charge is 0.489 e. The lowest BCUT2D eigenvalue weighted by Crippen LogP contribution is -2.05. The van der Waals surface area contributed by atoms with Crippen LogP contribution in [-0.4, -0.2) is 16.8 Å². The van der Waals surface area contributed by atoms with E-state index in [9.17, 15) is 19.3 Å². The predicted molar refractivity (Wildman–Crippen MR) is 111 cm³/mol. The van der Waals surface area contributed by atoms with E-state index in [0.717, 1.165) is 5.56 Å². The molecule has 1 aliphatic heterocycles. The van der Waals surface area contributed by atoms with Crippen molar-refractivity contribution in [2.24, 2.45) is 4.99 Å². The average molecular weight is 418 g/mol. The SMILES string of the molecule is O=C1OC(c2cccc(F)c2)=N/C1=C/c1ccc(OCc2ccc([N+](=O)[O-])cc2)cc1. The van der Waals surface area contributed by atoms with Gasteiger partial charge in [-0.3, -0.25) is 10.1 Å². The van der Waals surface area contributed by atoms with Crippen LogP contribution in [0.5, 0.6) is 5.75 Å². The fourth-order valence-electron chi connectivity index (χ4n) is 2.85. The Morgan fingerprint density at radius 2 is 1.81 bits per heavy atom. The summed E-state index contributed by atoms with van der Waals surface area (Å²) in [6, 6.07) is 18.7. The Hall–Kier alpha value is -4.33. The molecule has 154 valence electrons. The molecule has 0 radical (unpaired) electrons. The molecule has 8 heteroatoms. The van der Waals surface area contributed by atoms with Gasteiger partial charge in [0, 0.05) is 17.7 Å². The molecule has 1 aliphatic rings. The van der Waals surface area contributed by atoms with Crippen LogP contribution in [0.2, 0.25) is 0 Å². The van der Waals surface area contributed by atoms with E-state index in [2.05, 4.69) is 4.99 Å². The van der Waals surface area contributed by atoms with E-state index in [1.807, 2.05) is 0 Å². The van der Waals surface area contributed by atoms with Crippen LogP contribution in [0.25, 0.3) is 6.08 Å². The number of nitrogens with zero attached hydrogens (tertiary/aromatic N) is 2. The Balaban J connectivity index is 1.42. The van der Waals surface area contributed by atoms with Crippen molar-refractivity contribution in [1.82, 2.24) is 0 Å². The van der Waals surface area contributed by atoms with Crippen LogP contribution in [0, 0.1) is 15.9 Å². The Kier molecular flexibility index (Phi) is 5.53. The monoisotopic (exact) mass is 418 g/mol. The van der Waals surface area contributed by atoms with Gasteiger partial charge in [-0.1, -0.05) is 18.2 Å². The second kappa shape index (κ2) is 8.58. The van der Waals surface area contributed by atoms with Crippen LogP contribution in [0.1, 0.15) is 16.7 Å². The minimum Gasteiger partial charge on any atom is -0.489 e. The minimum atomic E-state index is -0.613. The number of hydrogen-bond donors (Lipinski definition) is 0. The molecule has 0 aliphatic carbocycles. The summed E-state index contributed by atoms with van der Waals surface area (Å²) in [6.45, 7) is 0.256. The van der Waals surface area contributed by atoms with Gasteiger partial charge in [0.05, 0.1) is 4.92 Å². The van der Waals surface area contributed by atoms with Crippen molar-refractivity contribution in [3.8, 4) is 5.75 Å². The third kappa shape index (κ3) is 4.81. The summed E-state index contributed by atoms with van der Waals surface area (Å²) in [4.78, 5) is 26.5. The normalized spacial score (nSPS) is 14.3. The van der Waals surface area contributed by atoms with Crippen LogP contribution >= 0.6 is 0 Å². The van der Waals surface area contributed by atoms with Crippen molar-refractivity contribution >= 4 is 23.6 Å². The van der Waals surface area contributed by atoms with Crippen LogP contribution in [0.4, 0.5) is 10.1 Å². The summed E-state index contributed by atoms with van der Waals surface area (Å²) >= 11 is 0. The van der Waals surface area contributed by atoms with E-state index >= 15 is 0 Å². The van der Waals surface area contributed by atoms with Gasteiger partial charge in [-0.2, -0.15) is 0 Å². The van der Waals surface area contributed by atoms with Gasteiger partial charge in [-0.05, 0) is 59.7 Å². The molecule has 0 bridgehead atoms. The first-order chi connectivity index (χ1) is 15.0. The molecule has 0 amide bonds. The Bertz CT molecular complexity index is 1200. The van der Waals surface area contributed by atoms with Crippen LogP contribution in [-0.2, 0) is 16.1 Å². The number of nitro groups is 1. The highest BCUT2D eigenvalue weighted by Gasteiger charge is 2.24. The summed E-state index contributed by atoms with van der Waals surface area (Å²) in [5.74, 6) is -0.409. The molecular formula is C23H15FN2O5. The lowest BCUT2D eigenvalue weighted by atomic mass is 10.2. The van der Waals surface area contributed by atoms with E-state index in [1.54, 1.807) is 48.5 Å². The van der Waals surface area contributed by atoms with Crippen molar-refractivity contribution in [2.75, 3.05) is 0 Å². The number of nitro benzene ring substituents is 1. The molecule has 31 heavy (non-hydrogen) atoms. The van der Waals surface area contributed by atoms with Gasteiger partial charge in [-0.25, -0.2) is 14.2 Å². The van der Waals surface area contributed by atoms with Crippen molar-refractivity contribution in [2.45, 2.75) is 6.61 Å². The number of non-ortho nitro benzene ring substituents is 1. The molecule has 0 N–H and O–H groups in total. The highest BCUT2D eigenvalue weighted by molar-refractivity contribution is 6.12. The number of carbonyl (C=O) groups excluding carboxylic acids is 1. The van der Waals surface area contributed by atoms with E-state index in [0.29, 0.717) is 16.9 Å². The van der Waals surface area contributed by atoms with Crippen LogP contribution in [0.3, 0.4) is 0 Å². The molecule has 0 spiro atoms. The molecule has 7 nitrogen and oxygen atoms in total. The summed E-state index contributed by atoms with van der Waals surface area (Å²) in [5, 5.41) is 10.7. The third-order valence-electron chi connectivity index (χ3n) is 4.43. The molecule has 3 aromatic carbocycles. The maximum atomic E-state index is 13.4. The Labute approximate surface area is 176 Å². The van der Waals surface area contributed by atoms with Crippen LogP contribution < -0.4 is 4.74 Å². The average Bonchev–Trinajstić information content (AvgIpc) is 3.14. The number of halogens is 1. The molecule has 0 saturated carbocycles. The highest BCUT2D eigenvalue weighted by Crippen LogP contribution is 2.21. The predicted octanol–water partition coefficient (Wildman–Crippen LogP) is 4.66. The van der Waals surface area contributed by atoms with Crippen molar-refractivity contribution in [1.29, 1.82) is 0 Å². The van der Waals surface area contributed by atoms with Gasteiger partial charge in [0.15, 0.2) is 5.70 Å². The quantitative estimate of drug-likeness (QED) is 0.251. The number of ether oxygens (including phenoxy) is 2. The fourth-order valence-corrected chi connectivity index (χ4v) is 2.85. The second-order valence-corrected chi connectivity index (χ2v) is 6.63. The molecule has 0 saturated heterocycles. The van der Waals surface area contributed by atoms with Crippen molar-refractivity contribution in [3.63, 3.8) is 0 Å². The number of esters is 1. The summed E-state index contributed by atoms with van der Waals surface area (Å²) < 4.78 is 24.2. The molecule has 4 rings (SSSR count).